The van der Waals surface area contributed by atoms with Gasteiger partial charge in [0.2, 0.25) is 0 Å². The summed E-state index contributed by atoms with van der Waals surface area (Å²) in [6.07, 6.45) is 8.31. The third-order valence-electron chi connectivity index (χ3n) is 9.60. The Morgan fingerprint density at radius 3 is 1.16 bits per heavy atom. The fourth-order valence-corrected chi connectivity index (χ4v) is 6.92. The molecule has 5 heterocycles. The molecule has 8 bridgehead atoms. The number of anilines is 4. The first-order valence-electron chi connectivity index (χ1n) is 17.7. The van der Waals surface area contributed by atoms with E-state index in [1.807, 2.05) is 60.7 Å². The molecule has 0 aliphatic carbocycles. The monoisotopic (exact) mass is 768 g/mol. The van der Waals surface area contributed by atoms with Crippen LogP contribution in [-0.2, 0) is 19.5 Å². The SMILES string of the molecule is COc1ccc(Nc2c3nc(c(-c4ccccc4)c4ccc([nH]4)c(Nc4ccc(OC)cc4)c4nc(c(-c5ccccc5)c5ccc2[nH]5)C=C4)C=C3)cc1.[Zn]. The van der Waals surface area contributed by atoms with Gasteiger partial charge in [-0.25, -0.2) is 9.97 Å². The van der Waals surface area contributed by atoms with Gasteiger partial charge in [0, 0.05) is 53.0 Å². The van der Waals surface area contributed by atoms with E-state index in [1.54, 1.807) is 14.2 Å². The number of aromatic nitrogens is 4. The summed E-state index contributed by atoms with van der Waals surface area (Å²) in [5.41, 5.74) is 14.4. The summed E-state index contributed by atoms with van der Waals surface area (Å²) in [6.45, 7) is 0. The number of aromatic amines is 2. The average molecular weight is 770 g/mol. The van der Waals surface area contributed by atoms with E-state index >= 15 is 0 Å². The molecular weight excluding hydrogens is 734 g/mol. The molecular formula is C46H36N6O2Zn. The third-order valence-corrected chi connectivity index (χ3v) is 9.60. The van der Waals surface area contributed by atoms with E-state index in [0.717, 1.165) is 101 Å². The van der Waals surface area contributed by atoms with Crippen LogP contribution in [0.4, 0.5) is 22.7 Å². The molecule has 3 aromatic heterocycles. The van der Waals surface area contributed by atoms with Crippen LogP contribution < -0.4 is 20.1 Å². The first kappa shape index (κ1) is 35.3. The van der Waals surface area contributed by atoms with Gasteiger partial charge in [-0.1, -0.05) is 60.7 Å². The minimum Gasteiger partial charge on any atom is -0.497 e. The number of nitrogens with zero attached hydrogens (tertiary/aromatic N) is 2. The predicted molar refractivity (Wildman–Crippen MR) is 222 cm³/mol. The summed E-state index contributed by atoms with van der Waals surface area (Å²) in [5.74, 6) is 1.57. The molecule has 7 aromatic rings. The maximum atomic E-state index is 5.44. The zero-order valence-corrected chi connectivity index (χ0v) is 33.4. The summed E-state index contributed by atoms with van der Waals surface area (Å²) < 4.78 is 10.9. The van der Waals surface area contributed by atoms with Crippen molar-refractivity contribution in [3.8, 4) is 33.8 Å². The molecule has 0 amide bonds. The van der Waals surface area contributed by atoms with Crippen LogP contribution in [0.15, 0.2) is 133 Å². The van der Waals surface area contributed by atoms with E-state index in [9.17, 15) is 0 Å². The summed E-state index contributed by atoms with van der Waals surface area (Å²) in [6, 6.07) is 45.0. The van der Waals surface area contributed by atoms with E-state index in [2.05, 4.69) is 118 Å². The molecule has 8 nitrogen and oxygen atoms in total. The van der Waals surface area contributed by atoms with Crippen molar-refractivity contribution in [3.63, 3.8) is 0 Å². The van der Waals surface area contributed by atoms with Crippen LogP contribution in [-0.4, -0.2) is 34.2 Å². The molecule has 2 aliphatic rings. The maximum absolute atomic E-state index is 5.44. The fourth-order valence-electron chi connectivity index (χ4n) is 6.92. The van der Waals surface area contributed by atoms with Gasteiger partial charge in [0.15, 0.2) is 0 Å². The number of benzene rings is 4. The predicted octanol–water partition coefficient (Wildman–Crippen LogP) is 11.5. The zero-order chi connectivity index (χ0) is 36.4. The number of methoxy groups -OCH3 is 2. The Morgan fingerprint density at radius 1 is 0.418 bits per heavy atom. The van der Waals surface area contributed by atoms with Crippen molar-refractivity contribution in [2.24, 2.45) is 0 Å². The second-order valence-corrected chi connectivity index (χ2v) is 12.9. The summed E-state index contributed by atoms with van der Waals surface area (Å²) >= 11 is 0. The molecule has 4 aromatic carbocycles. The summed E-state index contributed by atoms with van der Waals surface area (Å²) in [5, 5.41) is 7.35. The Balaban J connectivity index is 0.00000427. The topological polar surface area (TPSA) is 99.9 Å². The van der Waals surface area contributed by atoms with Crippen LogP contribution in [0.1, 0.15) is 22.8 Å². The van der Waals surface area contributed by atoms with Crippen LogP contribution in [0.25, 0.3) is 68.6 Å². The van der Waals surface area contributed by atoms with Crippen molar-refractivity contribution < 1.29 is 29.0 Å². The van der Waals surface area contributed by atoms with E-state index < -0.39 is 0 Å². The Hall–Kier alpha value is -6.70. The zero-order valence-electron chi connectivity index (χ0n) is 30.4. The largest absolute Gasteiger partial charge is 0.497 e. The standard InChI is InChI=1S/C46H36N6O2.Zn/c1-53-33-17-13-31(14-18-33)47-45-39-25-21-35(49-39)43(29-9-5-3-6-10-29)37-23-27-41(51-37)46(48-32-15-19-34(54-2)20-16-32)42-28-24-38(52-42)44(30-11-7-4-8-12-30)36-22-26-40(45)50-36;/h3-28,47-49,52H,1-2H3;. The van der Waals surface area contributed by atoms with Crippen molar-refractivity contribution in [1.29, 1.82) is 0 Å². The Labute approximate surface area is 331 Å². The van der Waals surface area contributed by atoms with Crippen LogP contribution in [0.2, 0.25) is 0 Å². The van der Waals surface area contributed by atoms with E-state index in [1.165, 1.54) is 0 Å². The number of rotatable bonds is 8. The average Bonchev–Trinajstić information content (AvgIpc) is 4.07. The van der Waals surface area contributed by atoms with Crippen LogP contribution in [0.3, 0.4) is 0 Å². The minimum atomic E-state index is 0. The quantitative estimate of drug-likeness (QED) is 0.115. The molecule has 0 radical (unpaired) electrons. The number of hydrogen-bond acceptors (Lipinski definition) is 6. The van der Waals surface area contributed by atoms with Gasteiger partial charge in [0.25, 0.3) is 0 Å². The molecule has 0 spiro atoms. The van der Waals surface area contributed by atoms with Crippen LogP contribution >= 0.6 is 0 Å². The summed E-state index contributed by atoms with van der Waals surface area (Å²) in [7, 11) is 3.34. The summed E-state index contributed by atoms with van der Waals surface area (Å²) in [4.78, 5) is 18.1. The number of fused-ring (bicyclic) bond motifs is 8. The Kier molecular flexibility index (Phi) is 9.86. The van der Waals surface area contributed by atoms with Gasteiger partial charge in [-0.3, -0.25) is 0 Å². The molecule has 0 fully saturated rings. The molecule has 2 aliphatic heterocycles. The van der Waals surface area contributed by atoms with Gasteiger partial charge in [0.1, 0.15) is 11.5 Å². The van der Waals surface area contributed by atoms with Crippen molar-refractivity contribution >= 4 is 69.1 Å². The second-order valence-electron chi connectivity index (χ2n) is 12.9. The van der Waals surface area contributed by atoms with Gasteiger partial charge in [-0.2, -0.15) is 0 Å². The van der Waals surface area contributed by atoms with Crippen molar-refractivity contribution in [2.75, 3.05) is 24.9 Å². The molecule has 9 heteroatoms. The Morgan fingerprint density at radius 2 is 0.782 bits per heavy atom. The minimum absolute atomic E-state index is 0. The number of hydrogen-bond donors (Lipinski definition) is 4. The molecule has 0 atom stereocenters. The van der Waals surface area contributed by atoms with Crippen molar-refractivity contribution in [1.82, 2.24) is 19.9 Å². The van der Waals surface area contributed by atoms with Crippen molar-refractivity contribution in [3.05, 3.63) is 156 Å². The number of H-pyrrole nitrogens is 2. The normalized spacial score (nSPS) is 11.5. The second kappa shape index (κ2) is 15.3. The van der Waals surface area contributed by atoms with Gasteiger partial charge in [-0.05, 0) is 108 Å². The third kappa shape index (κ3) is 7.06. The van der Waals surface area contributed by atoms with Gasteiger partial charge >= 0.3 is 0 Å². The van der Waals surface area contributed by atoms with E-state index in [0.29, 0.717) is 0 Å². The molecule has 264 valence electrons. The fraction of sp³-hybridized carbons (Fsp3) is 0.0435. The first-order valence-corrected chi connectivity index (χ1v) is 17.7. The van der Waals surface area contributed by atoms with Crippen LogP contribution in [0.5, 0.6) is 11.5 Å². The van der Waals surface area contributed by atoms with Gasteiger partial charge < -0.3 is 30.1 Å². The molecule has 0 saturated carbocycles. The maximum Gasteiger partial charge on any atom is 0.119 e. The smallest absolute Gasteiger partial charge is 0.119 e. The molecule has 9 rings (SSSR count). The Bertz CT molecular complexity index is 2530. The number of nitrogens with one attached hydrogen (secondary N) is 4. The van der Waals surface area contributed by atoms with Gasteiger partial charge in [-0.15, -0.1) is 0 Å². The molecule has 55 heavy (non-hydrogen) atoms. The van der Waals surface area contributed by atoms with Gasteiger partial charge in [0.05, 0.1) is 59.4 Å². The van der Waals surface area contributed by atoms with Crippen molar-refractivity contribution in [2.45, 2.75) is 0 Å². The van der Waals surface area contributed by atoms with E-state index in [4.69, 9.17) is 19.4 Å². The molecule has 4 N–H and O–H groups in total. The van der Waals surface area contributed by atoms with Crippen LogP contribution in [0, 0.1) is 0 Å². The van der Waals surface area contributed by atoms with E-state index in [-0.39, 0.29) is 19.5 Å². The molecule has 0 unspecified atom stereocenters. The molecule has 0 saturated heterocycles. The number of ether oxygens (including phenoxy) is 2. The first-order chi connectivity index (χ1) is 26.6.